The highest BCUT2D eigenvalue weighted by Gasteiger charge is 2.12. The summed E-state index contributed by atoms with van der Waals surface area (Å²) in [7, 11) is 0. The first-order valence-electron chi connectivity index (χ1n) is 8.21. The van der Waals surface area contributed by atoms with Gasteiger partial charge in [0, 0.05) is 12.1 Å². The van der Waals surface area contributed by atoms with Gasteiger partial charge in [-0.1, -0.05) is 18.2 Å². The number of nitrogens with zero attached hydrogens (tertiary/aromatic N) is 2. The maximum Gasteiger partial charge on any atom is 0.247 e. The van der Waals surface area contributed by atoms with E-state index in [4.69, 9.17) is 9.15 Å². The van der Waals surface area contributed by atoms with Crippen LogP contribution >= 0.6 is 0 Å². The van der Waals surface area contributed by atoms with Crippen LogP contribution in [0.4, 0.5) is 4.39 Å². The van der Waals surface area contributed by atoms with E-state index in [9.17, 15) is 9.18 Å². The first-order valence-corrected chi connectivity index (χ1v) is 8.21. The number of hydrogen-bond donors (Lipinski definition) is 1. The van der Waals surface area contributed by atoms with Gasteiger partial charge < -0.3 is 14.5 Å². The highest BCUT2D eigenvalue weighted by atomic mass is 19.1. The van der Waals surface area contributed by atoms with Crippen LogP contribution < -0.4 is 10.1 Å². The number of carbonyl (C=O) groups excluding carboxylic acids is 1. The van der Waals surface area contributed by atoms with Crippen LogP contribution in [0, 0.1) is 5.82 Å². The lowest BCUT2D eigenvalue weighted by molar-refractivity contribution is -0.120. The number of ether oxygens (including phenoxy) is 1. The third kappa shape index (κ3) is 4.66. The zero-order valence-corrected chi connectivity index (χ0v) is 14.2. The number of carbonyl (C=O) groups is 1. The molecule has 3 aromatic rings. The molecule has 6 nitrogen and oxygen atoms in total. The van der Waals surface area contributed by atoms with Gasteiger partial charge in [0.1, 0.15) is 18.0 Å². The third-order valence-corrected chi connectivity index (χ3v) is 3.57. The number of benzene rings is 2. The first-order chi connectivity index (χ1) is 12.6. The average molecular weight is 355 g/mol. The van der Waals surface area contributed by atoms with Crippen LogP contribution in [-0.4, -0.2) is 22.7 Å². The van der Waals surface area contributed by atoms with Gasteiger partial charge in [0.05, 0.1) is 6.61 Å². The smallest absolute Gasteiger partial charge is 0.247 e. The van der Waals surface area contributed by atoms with Gasteiger partial charge in [0.2, 0.25) is 17.7 Å². The van der Waals surface area contributed by atoms with Crippen LogP contribution in [0.1, 0.15) is 18.4 Å². The standard InChI is InChI=1S/C19H18FN3O3/c1-2-25-16-8-6-13(7-9-16)12-21-17(24)11-18-22-23-19(26-18)14-4-3-5-15(20)10-14/h3-10H,2,11-12H2,1H3,(H,21,24). The minimum absolute atomic E-state index is 0.0423. The van der Waals surface area contributed by atoms with E-state index in [0.29, 0.717) is 18.7 Å². The zero-order valence-electron chi connectivity index (χ0n) is 14.2. The Balaban J connectivity index is 1.53. The van der Waals surface area contributed by atoms with Gasteiger partial charge in [-0.25, -0.2) is 4.39 Å². The molecular weight excluding hydrogens is 337 g/mol. The molecule has 0 saturated heterocycles. The Morgan fingerprint density at radius 1 is 1.19 bits per heavy atom. The molecule has 0 unspecified atom stereocenters. The molecule has 7 heteroatoms. The molecule has 134 valence electrons. The number of amides is 1. The summed E-state index contributed by atoms with van der Waals surface area (Å²) in [6.07, 6.45) is -0.0423. The molecule has 2 aromatic carbocycles. The molecule has 3 rings (SSSR count). The third-order valence-electron chi connectivity index (χ3n) is 3.57. The van der Waals surface area contributed by atoms with E-state index >= 15 is 0 Å². The molecule has 0 fully saturated rings. The van der Waals surface area contributed by atoms with Crippen LogP contribution in [0.5, 0.6) is 5.75 Å². The van der Waals surface area contributed by atoms with E-state index in [1.807, 2.05) is 31.2 Å². The summed E-state index contributed by atoms with van der Waals surface area (Å²) in [5.74, 6) is 0.509. The lowest BCUT2D eigenvalue weighted by Gasteiger charge is -2.06. The van der Waals surface area contributed by atoms with Crippen LogP contribution in [0.2, 0.25) is 0 Å². The van der Waals surface area contributed by atoms with E-state index in [1.54, 1.807) is 12.1 Å². The fourth-order valence-corrected chi connectivity index (χ4v) is 2.33. The molecule has 26 heavy (non-hydrogen) atoms. The Labute approximate surface area is 150 Å². The van der Waals surface area contributed by atoms with Gasteiger partial charge in [-0.15, -0.1) is 10.2 Å². The first kappa shape index (κ1) is 17.6. The summed E-state index contributed by atoms with van der Waals surface area (Å²) >= 11 is 0. The number of hydrogen-bond acceptors (Lipinski definition) is 5. The van der Waals surface area contributed by atoms with Crippen molar-refractivity contribution in [3.63, 3.8) is 0 Å². The van der Waals surface area contributed by atoms with Crippen molar-refractivity contribution in [3.8, 4) is 17.2 Å². The lowest BCUT2D eigenvalue weighted by atomic mass is 10.2. The zero-order chi connectivity index (χ0) is 18.4. The summed E-state index contributed by atoms with van der Waals surface area (Å²) in [5, 5.41) is 10.5. The molecule has 1 amide bonds. The van der Waals surface area contributed by atoms with Gasteiger partial charge in [0.15, 0.2) is 0 Å². The molecule has 1 heterocycles. The summed E-state index contributed by atoms with van der Waals surface area (Å²) in [5.41, 5.74) is 1.42. The minimum atomic E-state index is -0.393. The van der Waals surface area contributed by atoms with Crippen molar-refractivity contribution in [2.75, 3.05) is 6.61 Å². The van der Waals surface area contributed by atoms with Crippen LogP contribution in [-0.2, 0) is 17.8 Å². The summed E-state index contributed by atoms with van der Waals surface area (Å²) in [6.45, 7) is 2.92. The van der Waals surface area contributed by atoms with E-state index in [-0.39, 0.29) is 24.1 Å². The van der Waals surface area contributed by atoms with Crippen LogP contribution in [0.25, 0.3) is 11.5 Å². The summed E-state index contributed by atoms with van der Waals surface area (Å²) < 4.78 is 24.0. The molecule has 0 radical (unpaired) electrons. The lowest BCUT2D eigenvalue weighted by Crippen LogP contribution is -2.24. The van der Waals surface area contributed by atoms with Crippen molar-refractivity contribution < 1.29 is 18.3 Å². The SMILES string of the molecule is CCOc1ccc(CNC(=O)Cc2nnc(-c3cccc(F)c3)o2)cc1. The van der Waals surface area contributed by atoms with Crippen LogP contribution in [0.15, 0.2) is 52.9 Å². The van der Waals surface area contributed by atoms with Crippen molar-refractivity contribution in [2.24, 2.45) is 0 Å². The van der Waals surface area contributed by atoms with Gasteiger partial charge in [-0.2, -0.15) is 0 Å². The largest absolute Gasteiger partial charge is 0.494 e. The average Bonchev–Trinajstić information content (AvgIpc) is 3.10. The Bertz CT molecular complexity index is 878. The Morgan fingerprint density at radius 2 is 2.00 bits per heavy atom. The van der Waals surface area contributed by atoms with Gasteiger partial charge >= 0.3 is 0 Å². The molecule has 0 aliphatic rings. The number of nitrogens with one attached hydrogen (secondary N) is 1. The molecule has 0 aliphatic heterocycles. The normalized spacial score (nSPS) is 10.5. The van der Waals surface area contributed by atoms with E-state index in [0.717, 1.165) is 11.3 Å². The summed E-state index contributed by atoms with van der Waals surface area (Å²) in [4.78, 5) is 12.0. The van der Waals surface area contributed by atoms with E-state index in [1.165, 1.54) is 12.1 Å². The highest BCUT2D eigenvalue weighted by Crippen LogP contribution is 2.18. The maximum atomic E-state index is 13.2. The van der Waals surface area contributed by atoms with E-state index in [2.05, 4.69) is 15.5 Å². The molecule has 0 saturated carbocycles. The van der Waals surface area contributed by atoms with Gasteiger partial charge in [0.25, 0.3) is 0 Å². The fourth-order valence-electron chi connectivity index (χ4n) is 2.33. The van der Waals surface area contributed by atoms with Crippen molar-refractivity contribution in [1.29, 1.82) is 0 Å². The minimum Gasteiger partial charge on any atom is -0.494 e. The van der Waals surface area contributed by atoms with Crippen LogP contribution in [0.3, 0.4) is 0 Å². The Morgan fingerprint density at radius 3 is 2.73 bits per heavy atom. The molecule has 0 atom stereocenters. The highest BCUT2D eigenvalue weighted by molar-refractivity contribution is 5.77. The number of rotatable bonds is 7. The van der Waals surface area contributed by atoms with Crippen molar-refractivity contribution in [2.45, 2.75) is 19.9 Å². The molecular formula is C19H18FN3O3. The van der Waals surface area contributed by atoms with E-state index < -0.39 is 5.82 Å². The quantitative estimate of drug-likeness (QED) is 0.704. The summed E-state index contributed by atoms with van der Waals surface area (Å²) in [6, 6.07) is 13.3. The van der Waals surface area contributed by atoms with Crippen molar-refractivity contribution in [1.82, 2.24) is 15.5 Å². The maximum absolute atomic E-state index is 13.2. The second kappa shape index (κ2) is 8.24. The Kier molecular flexibility index (Phi) is 5.58. The number of halogens is 1. The topological polar surface area (TPSA) is 77.2 Å². The second-order valence-corrected chi connectivity index (χ2v) is 5.54. The van der Waals surface area contributed by atoms with Crippen molar-refractivity contribution >= 4 is 5.91 Å². The molecule has 0 spiro atoms. The molecule has 1 N–H and O–H groups in total. The second-order valence-electron chi connectivity index (χ2n) is 5.54. The molecule has 0 bridgehead atoms. The predicted molar refractivity (Wildman–Crippen MR) is 92.9 cm³/mol. The predicted octanol–water partition coefficient (Wildman–Crippen LogP) is 3.13. The van der Waals surface area contributed by atoms with Crippen molar-refractivity contribution in [3.05, 3.63) is 65.8 Å². The molecule has 0 aliphatic carbocycles. The number of aromatic nitrogens is 2. The Hall–Kier alpha value is -3.22. The fraction of sp³-hybridized carbons (Fsp3) is 0.211. The monoisotopic (exact) mass is 355 g/mol. The van der Waals surface area contributed by atoms with Gasteiger partial charge in [-0.3, -0.25) is 4.79 Å². The van der Waals surface area contributed by atoms with Gasteiger partial charge in [-0.05, 0) is 42.8 Å². The molecule has 1 aromatic heterocycles.